The fourth-order valence-corrected chi connectivity index (χ4v) is 3.02. The molecule has 1 aromatic carbocycles. The number of esters is 2. The Morgan fingerprint density at radius 2 is 2.00 bits per heavy atom. The lowest BCUT2D eigenvalue weighted by molar-refractivity contribution is -0.199. The van der Waals surface area contributed by atoms with Gasteiger partial charge >= 0.3 is 11.9 Å². The number of phenols is 1. The van der Waals surface area contributed by atoms with Crippen LogP contribution in [0.3, 0.4) is 0 Å². The molecule has 4 atom stereocenters. The number of benzene rings is 1. The largest absolute Gasteiger partial charge is 0.504 e. The van der Waals surface area contributed by atoms with Crippen molar-refractivity contribution in [1.82, 2.24) is 0 Å². The smallest absolute Gasteiger partial charge is 0.338 e. The van der Waals surface area contributed by atoms with E-state index < -0.39 is 48.7 Å². The predicted molar refractivity (Wildman–Crippen MR) is 101 cm³/mol. The van der Waals surface area contributed by atoms with Crippen molar-refractivity contribution in [2.75, 3.05) is 13.7 Å². The first-order chi connectivity index (χ1) is 13.7. The number of aromatic hydroxyl groups is 1. The van der Waals surface area contributed by atoms with E-state index in [1.54, 1.807) is 13.0 Å². The topological polar surface area (TPSA) is 143 Å². The number of aliphatic hydroxyl groups excluding tert-OH is 2. The summed E-state index contributed by atoms with van der Waals surface area (Å²) >= 11 is 0. The van der Waals surface area contributed by atoms with Gasteiger partial charge in [-0.2, -0.15) is 0 Å². The van der Waals surface area contributed by atoms with E-state index in [2.05, 4.69) is 0 Å². The molecule has 9 heteroatoms. The van der Waals surface area contributed by atoms with E-state index in [0.717, 1.165) is 6.08 Å². The molecule has 0 spiro atoms. The zero-order valence-corrected chi connectivity index (χ0v) is 16.3. The first-order valence-corrected chi connectivity index (χ1v) is 9.21. The van der Waals surface area contributed by atoms with E-state index in [4.69, 9.17) is 14.2 Å². The lowest BCUT2D eigenvalue weighted by atomic mass is 9.79. The maximum atomic E-state index is 12.1. The molecule has 1 aliphatic carbocycles. The molecule has 0 aliphatic heterocycles. The first kappa shape index (κ1) is 22.7. The highest BCUT2D eigenvalue weighted by molar-refractivity contribution is 5.87. The van der Waals surface area contributed by atoms with Crippen LogP contribution in [0.4, 0.5) is 0 Å². The summed E-state index contributed by atoms with van der Waals surface area (Å²) in [6.07, 6.45) is -2.09. The highest BCUT2D eigenvalue weighted by atomic mass is 16.6. The molecule has 0 bridgehead atoms. The number of methoxy groups -OCH3 is 1. The summed E-state index contributed by atoms with van der Waals surface area (Å²) in [6.45, 7) is 1.89. The molecule has 0 heterocycles. The molecule has 0 radical (unpaired) electrons. The van der Waals surface area contributed by atoms with Crippen molar-refractivity contribution in [3.05, 3.63) is 29.8 Å². The maximum Gasteiger partial charge on any atom is 0.338 e. The minimum Gasteiger partial charge on any atom is -0.504 e. The standard InChI is InChI=1S/C20H26O9/c1-3-8-28-19(25)20(26)10-14(22)18(24)16(11-20)29-17(23)7-5-12-4-6-15(27-2)13(21)9-12/h4-7,9,14,16,18,21-22,24,26H,3,8,10-11H2,1-2H3/t14-,16-,18+,20-/m1/s1. The highest BCUT2D eigenvalue weighted by Gasteiger charge is 2.51. The number of hydrogen-bond donors (Lipinski definition) is 4. The number of carbonyl (C=O) groups is 2. The van der Waals surface area contributed by atoms with Crippen LogP contribution in [-0.2, 0) is 19.1 Å². The number of ether oxygens (including phenoxy) is 3. The molecule has 0 aromatic heterocycles. The van der Waals surface area contributed by atoms with Crippen LogP contribution in [0.25, 0.3) is 6.08 Å². The molecule has 4 N–H and O–H groups in total. The van der Waals surface area contributed by atoms with E-state index in [1.165, 1.54) is 25.3 Å². The van der Waals surface area contributed by atoms with Gasteiger partial charge in [0.25, 0.3) is 0 Å². The Balaban J connectivity index is 2.05. The normalized spacial score (nSPS) is 26.9. The van der Waals surface area contributed by atoms with Crippen LogP contribution in [0.2, 0.25) is 0 Å². The van der Waals surface area contributed by atoms with E-state index in [-0.39, 0.29) is 18.1 Å². The number of aliphatic hydroxyl groups is 3. The Morgan fingerprint density at radius 3 is 2.62 bits per heavy atom. The molecule has 2 rings (SSSR count). The van der Waals surface area contributed by atoms with Crippen molar-refractivity contribution in [2.45, 2.75) is 50.1 Å². The molecule has 1 saturated carbocycles. The number of carbonyl (C=O) groups excluding carboxylic acids is 2. The lowest BCUT2D eigenvalue weighted by Gasteiger charge is -2.39. The Hall–Kier alpha value is -2.62. The fourth-order valence-electron chi connectivity index (χ4n) is 3.02. The summed E-state index contributed by atoms with van der Waals surface area (Å²) in [5, 5.41) is 40.4. The molecule has 1 fully saturated rings. The zero-order chi connectivity index (χ0) is 21.6. The lowest BCUT2D eigenvalue weighted by Crippen LogP contribution is -2.57. The number of hydrogen-bond acceptors (Lipinski definition) is 9. The molecule has 0 saturated heterocycles. The summed E-state index contributed by atoms with van der Waals surface area (Å²) in [4.78, 5) is 24.2. The average Bonchev–Trinajstić information content (AvgIpc) is 2.68. The molecule has 0 unspecified atom stereocenters. The average molecular weight is 410 g/mol. The van der Waals surface area contributed by atoms with Crippen molar-refractivity contribution >= 4 is 18.0 Å². The summed E-state index contributed by atoms with van der Waals surface area (Å²) in [6, 6.07) is 4.50. The van der Waals surface area contributed by atoms with E-state index in [0.29, 0.717) is 12.0 Å². The van der Waals surface area contributed by atoms with Crippen LogP contribution >= 0.6 is 0 Å². The zero-order valence-electron chi connectivity index (χ0n) is 16.3. The summed E-state index contributed by atoms with van der Waals surface area (Å²) < 4.78 is 15.0. The molecular weight excluding hydrogens is 384 g/mol. The molecule has 160 valence electrons. The van der Waals surface area contributed by atoms with Crippen LogP contribution in [0, 0.1) is 0 Å². The Kier molecular flexibility index (Phi) is 7.60. The van der Waals surface area contributed by atoms with Gasteiger partial charge in [-0.15, -0.1) is 0 Å². The predicted octanol–water partition coefficient (Wildman–Crippen LogP) is 0.526. The van der Waals surface area contributed by atoms with Crippen LogP contribution in [0.15, 0.2) is 24.3 Å². The van der Waals surface area contributed by atoms with Gasteiger partial charge in [0.15, 0.2) is 17.1 Å². The van der Waals surface area contributed by atoms with Crippen LogP contribution in [0.1, 0.15) is 31.7 Å². The molecule has 29 heavy (non-hydrogen) atoms. The van der Waals surface area contributed by atoms with Gasteiger partial charge in [-0.05, 0) is 30.2 Å². The Bertz CT molecular complexity index is 760. The summed E-state index contributed by atoms with van der Waals surface area (Å²) in [5.41, 5.74) is -1.58. The van der Waals surface area contributed by atoms with Gasteiger partial charge < -0.3 is 34.6 Å². The molecule has 1 aliphatic rings. The summed E-state index contributed by atoms with van der Waals surface area (Å²) in [7, 11) is 1.41. The van der Waals surface area contributed by atoms with Gasteiger partial charge in [0.1, 0.15) is 12.2 Å². The van der Waals surface area contributed by atoms with Gasteiger partial charge in [-0.1, -0.05) is 13.0 Å². The molecule has 0 amide bonds. The van der Waals surface area contributed by atoms with Gasteiger partial charge in [0.05, 0.1) is 19.8 Å². The maximum absolute atomic E-state index is 12.1. The van der Waals surface area contributed by atoms with Gasteiger partial charge in [0, 0.05) is 18.9 Å². The minimum atomic E-state index is -2.07. The van der Waals surface area contributed by atoms with E-state index in [9.17, 15) is 30.0 Å². The van der Waals surface area contributed by atoms with Gasteiger partial charge in [-0.3, -0.25) is 0 Å². The second kappa shape index (κ2) is 9.73. The highest BCUT2D eigenvalue weighted by Crippen LogP contribution is 2.32. The van der Waals surface area contributed by atoms with E-state index >= 15 is 0 Å². The van der Waals surface area contributed by atoms with Crippen LogP contribution in [-0.4, -0.2) is 70.0 Å². The molecule has 9 nitrogen and oxygen atoms in total. The van der Waals surface area contributed by atoms with Crippen LogP contribution in [0.5, 0.6) is 11.5 Å². The summed E-state index contributed by atoms with van der Waals surface area (Å²) in [5.74, 6) is -1.62. The van der Waals surface area contributed by atoms with Crippen molar-refractivity contribution in [3.8, 4) is 11.5 Å². The monoisotopic (exact) mass is 410 g/mol. The first-order valence-electron chi connectivity index (χ1n) is 9.21. The number of rotatable bonds is 7. The SMILES string of the molecule is CCCOC(=O)[C@@]1(O)C[C@@H](O)[C@H](O)[C@H](OC(=O)C=Cc2ccc(OC)c(O)c2)C1. The Morgan fingerprint density at radius 1 is 1.28 bits per heavy atom. The molecular formula is C20H26O9. The van der Waals surface area contributed by atoms with Crippen molar-refractivity contribution in [2.24, 2.45) is 0 Å². The van der Waals surface area contributed by atoms with Gasteiger partial charge in [0.2, 0.25) is 0 Å². The second-order valence-electron chi connectivity index (χ2n) is 6.87. The Labute approximate surface area is 168 Å². The quantitative estimate of drug-likeness (QED) is 0.374. The van der Waals surface area contributed by atoms with Crippen molar-refractivity contribution < 1.29 is 44.2 Å². The fraction of sp³-hybridized carbons (Fsp3) is 0.500. The molecule has 1 aromatic rings. The minimum absolute atomic E-state index is 0.0989. The van der Waals surface area contributed by atoms with Crippen molar-refractivity contribution in [3.63, 3.8) is 0 Å². The van der Waals surface area contributed by atoms with Gasteiger partial charge in [-0.25, -0.2) is 9.59 Å². The third-order valence-corrected chi connectivity index (χ3v) is 4.56. The third-order valence-electron chi connectivity index (χ3n) is 4.56. The van der Waals surface area contributed by atoms with Crippen LogP contribution < -0.4 is 4.74 Å². The van der Waals surface area contributed by atoms with Crippen molar-refractivity contribution in [1.29, 1.82) is 0 Å². The second-order valence-corrected chi connectivity index (χ2v) is 6.87. The van der Waals surface area contributed by atoms with E-state index in [1.807, 2.05) is 0 Å². The third kappa shape index (κ3) is 5.69. The number of phenolic OH excluding ortho intramolecular Hbond substituents is 1.